The van der Waals surface area contributed by atoms with Crippen LogP contribution in [0.1, 0.15) is 108 Å². The number of thioether (sulfide) groups is 2. The van der Waals surface area contributed by atoms with Crippen molar-refractivity contribution in [1.82, 2.24) is 66.2 Å². The number of amides is 4. The number of tetrazole rings is 2. The van der Waals surface area contributed by atoms with Gasteiger partial charge >= 0.3 is 0 Å². The summed E-state index contributed by atoms with van der Waals surface area (Å²) in [6.07, 6.45) is 2.37. The Hall–Kier alpha value is -3.70. The summed E-state index contributed by atoms with van der Waals surface area (Å²) in [5, 5.41) is 34.7. The largest absolute Gasteiger partial charge is 0.363 e. The fourth-order valence-electron chi connectivity index (χ4n) is 7.05. The molecular formula is C43H71Cl2N13O6S2. The molecule has 8 atom stereocenters. The summed E-state index contributed by atoms with van der Waals surface area (Å²) in [6, 6.07) is -2.76. The van der Waals surface area contributed by atoms with Crippen molar-refractivity contribution in [2.45, 2.75) is 184 Å². The number of carbonyl (C=O) groups is 4. The van der Waals surface area contributed by atoms with Gasteiger partial charge in [-0.3, -0.25) is 19.2 Å². The molecule has 23 heteroatoms. The molecule has 66 heavy (non-hydrogen) atoms. The summed E-state index contributed by atoms with van der Waals surface area (Å²) < 4.78 is 15.3. The molecule has 370 valence electrons. The van der Waals surface area contributed by atoms with E-state index < -0.39 is 30.3 Å². The van der Waals surface area contributed by atoms with Crippen LogP contribution in [0, 0.1) is 29.6 Å². The molecule has 4 heterocycles. The Morgan fingerprint density at radius 1 is 0.712 bits per heavy atom. The fourth-order valence-corrected chi connectivity index (χ4v) is 8.74. The highest BCUT2D eigenvalue weighted by Crippen LogP contribution is 2.32. The summed E-state index contributed by atoms with van der Waals surface area (Å²) in [5.41, 5.74) is 0. The normalized spacial score (nSPS) is 18.8. The Bertz CT molecular complexity index is 1870. The minimum absolute atomic E-state index is 0. The van der Waals surface area contributed by atoms with Crippen molar-refractivity contribution in [3.63, 3.8) is 0 Å². The third-order valence-corrected chi connectivity index (χ3v) is 13.1. The van der Waals surface area contributed by atoms with Crippen LogP contribution in [0.4, 0.5) is 0 Å². The molecule has 0 spiro atoms. The van der Waals surface area contributed by atoms with Crippen LogP contribution in [0.3, 0.4) is 0 Å². The lowest BCUT2D eigenvalue weighted by molar-refractivity contribution is -0.142. The fraction of sp³-hybridized carbons (Fsp3) is 0.767. The number of likely N-dealkylation sites (N-methyl/N-ethyl adjacent to an activating group) is 1. The predicted molar refractivity (Wildman–Crippen MR) is 259 cm³/mol. The molecule has 0 saturated carbocycles. The van der Waals surface area contributed by atoms with E-state index in [0.717, 1.165) is 25.7 Å². The molecule has 0 bridgehead atoms. The van der Waals surface area contributed by atoms with Gasteiger partial charge in [-0.1, -0.05) is 90.8 Å². The Labute approximate surface area is 411 Å². The molecular weight excluding hydrogens is 930 g/mol. The topological polar surface area (TPSA) is 217 Å². The van der Waals surface area contributed by atoms with Crippen LogP contribution < -0.4 is 16.0 Å². The van der Waals surface area contributed by atoms with E-state index in [1.165, 1.54) is 0 Å². The van der Waals surface area contributed by atoms with Gasteiger partial charge in [0.05, 0.1) is 43.4 Å². The number of ether oxygens (including phenoxy) is 2. The lowest BCUT2D eigenvalue weighted by atomic mass is 10.1. The second kappa shape index (κ2) is 27.3. The quantitative estimate of drug-likeness (QED) is 0.128. The third-order valence-electron chi connectivity index (χ3n) is 10.9. The van der Waals surface area contributed by atoms with Gasteiger partial charge in [-0.25, -0.2) is 9.36 Å². The zero-order valence-corrected chi connectivity index (χ0v) is 43.7. The van der Waals surface area contributed by atoms with Crippen LogP contribution in [-0.4, -0.2) is 159 Å². The molecule has 4 rings (SSSR count). The smallest absolute Gasteiger partial charge is 0.248 e. The lowest BCUT2D eigenvalue weighted by Crippen LogP contribution is -2.58. The summed E-state index contributed by atoms with van der Waals surface area (Å²) in [4.78, 5) is 58.2. The third kappa shape index (κ3) is 17.7. The second-order valence-electron chi connectivity index (χ2n) is 18.3. The molecule has 2 saturated heterocycles. The molecule has 2 aromatic heterocycles. The first-order valence-electron chi connectivity index (χ1n) is 22.2. The highest BCUT2D eigenvalue weighted by molar-refractivity contribution is 8.00. The second-order valence-corrected chi connectivity index (χ2v) is 21.9. The maximum absolute atomic E-state index is 14.2. The minimum atomic E-state index is -0.971. The molecule has 0 unspecified atom stereocenters. The van der Waals surface area contributed by atoms with Gasteiger partial charge in [0.25, 0.3) is 0 Å². The summed E-state index contributed by atoms with van der Waals surface area (Å²) in [5.74, 6) is 9.93. The standard InChI is InChI=1S/C43H69N13O6S2.2ClH/c1-13-28(2)36(57)45-34(38(59)53-22-18-20-32(53)26-55-40(47-49-51-55)63-42(6,7)8)30(4)61-24-16-14-15-17-25-62-31(5)35(46-37(58)29(3)44-12)39(60)54-23-19-21-33(54)27-56-41(48-50-52-56)64-43(9,10)11;;/h28-35,44H,13,18-27H2,1-12H3,(H,45,57)(H,46,58);2*1H/t28-,29+,30-,31-,32+,33+,34+,35+;;/m1../s1. The number of carbonyl (C=O) groups excluding carboxylic acids is 4. The summed E-state index contributed by atoms with van der Waals surface area (Å²) in [6.45, 7) is 23.3. The SMILES string of the molecule is CC[C@@H](C)C(=O)N[C@H](C(=O)N1CCC[C@H]1Cn1nnnc1SC(C)(C)C)[C@@H](C)OCC#CC#CCO[C@H](C)[C@H](NC(=O)[C@H](C)NC)C(=O)N1CCC[C@H]1Cn1nnnc1SC(C)(C)C.Cl.Cl. The molecule has 4 amide bonds. The molecule has 2 aliphatic rings. The van der Waals surface area contributed by atoms with Crippen LogP contribution in [0.15, 0.2) is 10.3 Å². The van der Waals surface area contributed by atoms with Gasteiger partial charge in [-0.2, -0.15) is 0 Å². The number of halogens is 2. The van der Waals surface area contributed by atoms with Gasteiger partial charge in [0, 0.05) is 28.5 Å². The molecule has 2 aliphatic heterocycles. The van der Waals surface area contributed by atoms with Gasteiger partial charge in [0.2, 0.25) is 33.9 Å². The van der Waals surface area contributed by atoms with E-state index in [1.807, 2.05) is 13.8 Å². The highest BCUT2D eigenvalue weighted by atomic mass is 35.5. The molecule has 2 aromatic rings. The number of rotatable bonds is 20. The molecule has 0 aromatic carbocycles. The van der Waals surface area contributed by atoms with Crippen LogP contribution in [0.5, 0.6) is 0 Å². The summed E-state index contributed by atoms with van der Waals surface area (Å²) in [7, 11) is 1.68. The Morgan fingerprint density at radius 2 is 1.12 bits per heavy atom. The number of hydrogen-bond acceptors (Lipinski definition) is 15. The molecule has 0 aliphatic carbocycles. The minimum Gasteiger partial charge on any atom is -0.363 e. The molecule has 3 N–H and O–H groups in total. The zero-order valence-electron chi connectivity index (χ0n) is 40.5. The zero-order chi connectivity index (χ0) is 47.2. The van der Waals surface area contributed by atoms with E-state index in [0.29, 0.717) is 42.9 Å². The maximum atomic E-state index is 14.2. The van der Waals surface area contributed by atoms with E-state index in [-0.39, 0.29) is 89.2 Å². The van der Waals surface area contributed by atoms with Crippen LogP contribution >= 0.6 is 48.3 Å². The van der Waals surface area contributed by atoms with E-state index in [4.69, 9.17) is 9.47 Å². The van der Waals surface area contributed by atoms with E-state index in [2.05, 4.69) is 112 Å². The number of likely N-dealkylation sites (tertiary alicyclic amines) is 2. The van der Waals surface area contributed by atoms with Gasteiger partial charge in [0.1, 0.15) is 25.3 Å². The molecule has 2 fully saturated rings. The van der Waals surface area contributed by atoms with Gasteiger partial charge in [0.15, 0.2) is 0 Å². The van der Waals surface area contributed by atoms with E-state index >= 15 is 0 Å². The van der Waals surface area contributed by atoms with Crippen molar-refractivity contribution in [3.8, 4) is 23.7 Å². The van der Waals surface area contributed by atoms with E-state index in [9.17, 15) is 19.2 Å². The maximum Gasteiger partial charge on any atom is 0.248 e. The van der Waals surface area contributed by atoms with Crippen LogP contribution in [0.25, 0.3) is 0 Å². The van der Waals surface area contributed by atoms with Gasteiger partial charge in [-0.05, 0) is 92.6 Å². The first kappa shape index (κ1) is 58.4. The van der Waals surface area contributed by atoms with Crippen LogP contribution in [-0.2, 0) is 41.7 Å². The van der Waals surface area contributed by atoms with Crippen molar-refractivity contribution < 1.29 is 28.7 Å². The number of nitrogens with zero attached hydrogens (tertiary/aromatic N) is 10. The van der Waals surface area contributed by atoms with Crippen molar-refractivity contribution in [2.24, 2.45) is 5.92 Å². The van der Waals surface area contributed by atoms with Crippen molar-refractivity contribution in [2.75, 3.05) is 33.4 Å². The number of nitrogens with one attached hydrogen (secondary N) is 3. The Kier molecular flexibility index (Phi) is 24.2. The monoisotopic (exact) mass is 999 g/mol. The average Bonchev–Trinajstić information content (AvgIpc) is 4.07. The number of aromatic nitrogens is 8. The Balaban J connectivity index is 0.00000748. The van der Waals surface area contributed by atoms with Gasteiger partial charge in [-0.15, -0.1) is 35.0 Å². The first-order valence-corrected chi connectivity index (χ1v) is 23.8. The predicted octanol–water partition coefficient (Wildman–Crippen LogP) is 3.41. The van der Waals surface area contributed by atoms with Crippen molar-refractivity contribution in [3.05, 3.63) is 0 Å². The number of hydrogen-bond donors (Lipinski definition) is 3. The average molecular weight is 1000 g/mol. The molecule has 19 nitrogen and oxygen atoms in total. The molecule has 0 radical (unpaired) electrons. The van der Waals surface area contributed by atoms with Crippen molar-refractivity contribution in [1.29, 1.82) is 0 Å². The summed E-state index contributed by atoms with van der Waals surface area (Å²) >= 11 is 3.12. The lowest BCUT2D eigenvalue weighted by Gasteiger charge is -2.32. The van der Waals surface area contributed by atoms with Crippen molar-refractivity contribution >= 4 is 72.0 Å². The highest BCUT2D eigenvalue weighted by Gasteiger charge is 2.40. The van der Waals surface area contributed by atoms with E-state index in [1.54, 1.807) is 70.5 Å². The Morgan fingerprint density at radius 3 is 1.50 bits per heavy atom. The van der Waals surface area contributed by atoms with Gasteiger partial charge < -0.3 is 35.2 Å². The first-order chi connectivity index (χ1) is 30.2. The van der Waals surface area contributed by atoms with Crippen LogP contribution in [0.2, 0.25) is 0 Å².